The van der Waals surface area contributed by atoms with Gasteiger partial charge in [0.15, 0.2) is 0 Å². The molecule has 0 bridgehead atoms. The van der Waals surface area contributed by atoms with E-state index in [2.05, 4.69) is 47.9 Å². The average Bonchev–Trinajstić information content (AvgIpc) is 2.98. The smallest absolute Gasteiger partial charge is 0.303 e. The lowest BCUT2D eigenvalue weighted by molar-refractivity contribution is -0.136. The predicted octanol–water partition coefficient (Wildman–Crippen LogP) is 5.22. The van der Waals surface area contributed by atoms with E-state index in [-0.39, 0.29) is 11.8 Å². The van der Waals surface area contributed by atoms with Gasteiger partial charge in [0, 0.05) is 27.6 Å². The van der Waals surface area contributed by atoms with E-state index in [0.29, 0.717) is 19.6 Å². The van der Waals surface area contributed by atoms with Gasteiger partial charge in [0.2, 0.25) is 0 Å². The summed E-state index contributed by atoms with van der Waals surface area (Å²) in [6.45, 7) is 9.89. The van der Waals surface area contributed by atoms with Crippen molar-refractivity contribution in [3.8, 4) is 5.75 Å². The summed E-state index contributed by atoms with van der Waals surface area (Å²) < 4.78 is 9.10. The van der Waals surface area contributed by atoms with Crippen molar-refractivity contribution in [1.29, 1.82) is 0 Å². The van der Waals surface area contributed by atoms with Crippen molar-refractivity contribution >= 4 is 21.9 Å². The van der Waals surface area contributed by atoms with Crippen LogP contribution >= 0.6 is 15.9 Å². The zero-order valence-electron chi connectivity index (χ0n) is 16.6. The molecule has 1 N–H and O–H groups in total. The Bertz CT molecular complexity index is 782. The quantitative estimate of drug-likeness (QED) is 0.553. The molecule has 6 heteroatoms. The third-order valence-electron chi connectivity index (χ3n) is 5.25. The van der Waals surface area contributed by atoms with E-state index in [1.807, 2.05) is 29.8 Å². The van der Waals surface area contributed by atoms with Crippen molar-refractivity contribution < 1.29 is 14.6 Å². The molecule has 0 radical (unpaired) electrons. The van der Waals surface area contributed by atoms with Crippen LogP contribution in [0, 0.1) is 12.3 Å². The minimum absolute atomic E-state index is 0.0916. The first-order chi connectivity index (χ1) is 12.8. The first kappa shape index (κ1) is 21.5. The monoisotopic (exact) mass is 436 g/mol. The highest BCUT2D eigenvalue weighted by Crippen LogP contribution is 2.30. The summed E-state index contributed by atoms with van der Waals surface area (Å²) >= 11 is 3.54. The normalized spacial score (nSPS) is 11.6. The molecule has 27 heavy (non-hydrogen) atoms. The number of benzene rings is 1. The molecule has 148 valence electrons. The highest BCUT2D eigenvalue weighted by Gasteiger charge is 2.21. The van der Waals surface area contributed by atoms with Crippen molar-refractivity contribution in [2.24, 2.45) is 5.41 Å². The van der Waals surface area contributed by atoms with Gasteiger partial charge in [-0.15, -0.1) is 0 Å². The van der Waals surface area contributed by atoms with E-state index in [1.54, 1.807) is 0 Å². The van der Waals surface area contributed by atoms with Gasteiger partial charge in [-0.25, -0.2) is 0 Å². The van der Waals surface area contributed by atoms with E-state index in [1.165, 1.54) is 0 Å². The second kappa shape index (κ2) is 9.40. The number of halogens is 1. The Balaban J connectivity index is 2.18. The zero-order valence-corrected chi connectivity index (χ0v) is 18.2. The van der Waals surface area contributed by atoms with E-state index < -0.39 is 5.97 Å². The third kappa shape index (κ3) is 6.09. The largest absolute Gasteiger partial charge is 0.493 e. The SMILES string of the molecule is CCC(C)(CC)COc1ccc(Br)cc1Cn1nc(CCC(=O)O)cc1C. The summed E-state index contributed by atoms with van der Waals surface area (Å²) in [5.74, 6) is 0.0630. The Labute approximate surface area is 169 Å². The lowest BCUT2D eigenvalue weighted by Crippen LogP contribution is -2.23. The number of aromatic nitrogens is 2. The maximum atomic E-state index is 10.8. The number of carboxylic acids is 1. The minimum Gasteiger partial charge on any atom is -0.493 e. The molecule has 1 heterocycles. The summed E-state index contributed by atoms with van der Waals surface area (Å²) in [6.07, 6.45) is 2.67. The van der Waals surface area contributed by atoms with Crippen LogP contribution in [-0.2, 0) is 17.8 Å². The van der Waals surface area contributed by atoms with E-state index >= 15 is 0 Å². The van der Waals surface area contributed by atoms with Gasteiger partial charge in [-0.1, -0.05) is 36.7 Å². The molecule has 2 aromatic rings. The highest BCUT2D eigenvalue weighted by molar-refractivity contribution is 9.10. The predicted molar refractivity (Wildman–Crippen MR) is 110 cm³/mol. The number of carboxylic acid groups (broad SMARTS) is 1. The molecule has 0 unspecified atom stereocenters. The fraction of sp³-hybridized carbons (Fsp3) is 0.524. The van der Waals surface area contributed by atoms with E-state index in [9.17, 15) is 4.79 Å². The number of ether oxygens (including phenoxy) is 1. The molecule has 0 aliphatic heterocycles. The summed E-state index contributed by atoms with van der Waals surface area (Å²) in [5, 5.41) is 13.4. The molecule has 2 rings (SSSR count). The number of hydrogen-bond acceptors (Lipinski definition) is 3. The van der Waals surface area contributed by atoms with Crippen LogP contribution in [0.25, 0.3) is 0 Å². The van der Waals surface area contributed by atoms with Crippen molar-refractivity contribution in [3.63, 3.8) is 0 Å². The van der Waals surface area contributed by atoms with Crippen LogP contribution in [0.4, 0.5) is 0 Å². The zero-order chi connectivity index (χ0) is 20.0. The number of carbonyl (C=O) groups is 1. The molecule has 0 aliphatic rings. The van der Waals surface area contributed by atoms with Gasteiger partial charge in [0.05, 0.1) is 25.3 Å². The summed E-state index contributed by atoms with van der Waals surface area (Å²) in [7, 11) is 0. The van der Waals surface area contributed by atoms with Crippen LogP contribution in [0.15, 0.2) is 28.7 Å². The first-order valence-electron chi connectivity index (χ1n) is 9.42. The lowest BCUT2D eigenvalue weighted by atomic mass is 9.86. The fourth-order valence-electron chi connectivity index (χ4n) is 2.78. The topological polar surface area (TPSA) is 64.4 Å². The highest BCUT2D eigenvalue weighted by atomic mass is 79.9. The Hall–Kier alpha value is -1.82. The van der Waals surface area contributed by atoms with Crippen LogP contribution in [0.5, 0.6) is 5.75 Å². The molecule has 0 saturated carbocycles. The maximum absolute atomic E-state index is 10.8. The Morgan fingerprint density at radius 2 is 2.00 bits per heavy atom. The number of hydrogen-bond donors (Lipinski definition) is 1. The molecule has 0 fully saturated rings. The van der Waals surface area contributed by atoms with Gasteiger partial charge in [-0.05, 0) is 44.0 Å². The van der Waals surface area contributed by atoms with Crippen LogP contribution < -0.4 is 4.74 Å². The second-order valence-electron chi connectivity index (χ2n) is 7.39. The van der Waals surface area contributed by atoms with Gasteiger partial charge in [0.25, 0.3) is 0 Å². The fourth-order valence-corrected chi connectivity index (χ4v) is 3.18. The third-order valence-corrected chi connectivity index (χ3v) is 5.75. The molecule has 0 spiro atoms. The first-order valence-corrected chi connectivity index (χ1v) is 10.2. The van der Waals surface area contributed by atoms with Crippen LogP contribution in [0.3, 0.4) is 0 Å². The number of rotatable bonds is 10. The number of aryl methyl sites for hydroxylation is 2. The van der Waals surface area contributed by atoms with Gasteiger partial charge in [-0.2, -0.15) is 5.10 Å². The van der Waals surface area contributed by atoms with Crippen LogP contribution in [-0.4, -0.2) is 27.5 Å². The second-order valence-corrected chi connectivity index (χ2v) is 8.30. The summed E-state index contributed by atoms with van der Waals surface area (Å²) in [6, 6.07) is 7.99. The Morgan fingerprint density at radius 1 is 1.30 bits per heavy atom. The minimum atomic E-state index is -0.806. The van der Waals surface area contributed by atoms with Gasteiger partial charge in [0.1, 0.15) is 5.75 Å². The lowest BCUT2D eigenvalue weighted by Gasteiger charge is -2.27. The standard InChI is InChI=1S/C21H29BrN2O3/c1-5-21(4,6-2)14-27-19-9-7-17(22)12-16(19)13-24-15(3)11-18(23-24)8-10-20(25)26/h7,9,11-12H,5-6,8,10,13-14H2,1-4H3,(H,25,26). The van der Waals surface area contributed by atoms with Crippen molar-refractivity contribution in [1.82, 2.24) is 9.78 Å². The summed E-state index contributed by atoms with van der Waals surface area (Å²) in [5.41, 5.74) is 3.02. The van der Waals surface area contributed by atoms with Gasteiger partial charge in [-0.3, -0.25) is 9.48 Å². The van der Waals surface area contributed by atoms with Gasteiger partial charge < -0.3 is 9.84 Å². The Morgan fingerprint density at radius 3 is 2.63 bits per heavy atom. The average molecular weight is 437 g/mol. The molecular formula is C21H29BrN2O3. The van der Waals surface area contributed by atoms with Gasteiger partial charge >= 0.3 is 5.97 Å². The van der Waals surface area contributed by atoms with Crippen LogP contribution in [0.1, 0.15) is 57.0 Å². The van der Waals surface area contributed by atoms with E-state index in [0.717, 1.165) is 40.0 Å². The number of nitrogens with zero attached hydrogens (tertiary/aromatic N) is 2. The number of aliphatic carboxylic acids is 1. The molecule has 0 aliphatic carbocycles. The molecule has 1 aromatic heterocycles. The summed E-state index contributed by atoms with van der Waals surface area (Å²) in [4.78, 5) is 10.8. The molecule has 0 amide bonds. The Kier molecular flexibility index (Phi) is 7.48. The maximum Gasteiger partial charge on any atom is 0.303 e. The molecular weight excluding hydrogens is 408 g/mol. The van der Waals surface area contributed by atoms with Crippen molar-refractivity contribution in [2.45, 2.75) is 59.9 Å². The molecule has 1 aromatic carbocycles. The molecule has 5 nitrogen and oxygen atoms in total. The van der Waals surface area contributed by atoms with E-state index in [4.69, 9.17) is 9.84 Å². The molecule has 0 saturated heterocycles. The molecule has 0 atom stereocenters. The van der Waals surface area contributed by atoms with Crippen molar-refractivity contribution in [2.75, 3.05) is 6.61 Å². The van der Waals surface area contributed by atoms with Crippen LogP contribution in [0.2, 0.25) is 0 Å². The van der Waals surface area contributed by atoms with Crippen molar-refractivity contribution in [3.05, 3.63) is 45.7 Å².